The fraction of sp³-hybridized carbons (Fsp3) is 0.185. The van der Waals surface area contributed by atoms with Gasteiger partial charge in [-0.2, -0.15) is 0 Å². The number of anilines is 2. The second-order valence-corrected chi connectivity index (χ2v) is 9.30. The summed E-state index contributed by atoms with van der Waals surface area (Å²) in [7, 11) is 1.24. The standard InChI is InChI=1S/C27H23ClFN7O5/c1-40-26(38)31-16-7-8-17-15-9-10-30-21(12-15)19(5-3-11-41-27(39)33-20(17)13-16)32-25(37)22-14-36(35-34-22)23-6-2-4-18(28)24(23)29/h2,4,6-10,12-14,19H,3,5,11H2,1H3,(H,31,38)(H,32,37)(H,33,39). The lowest BCUT2D eigenvalue weighted by molar-refractivity contribution is 0.0924. The van der Waals surface area contributed by atoms with Gasteiger partial charge in [0.15, 0.2) is 11.5 Å². The molecule has 2 bridgehead atoms. The molecule has 3 N–H and O–H groups in total. The second-order valence-electron chi connectivity index (χ2n) is 8.90. The molecule has 1 atom stereocenters. The lowest BCUT2D eigenvalue weighted by Crippen LogP contribution is -2.30. The molecule has 5 rings (SSSR count). The van der Waals surface area contributed by atoms with E-state index in [1.54, 1.807) is 42.6 Å². The van der Waals surface area contributed by atoms with Crippen molar-refractivity contribution in [1.82, 2.24) is 25.3 Å². The van der Waals surface area contributed by atoms with Crippen molar-refractivity contribution in [2.24, 2.45) is 0 Å². The lowest BCUT2D eigenvalue weighted by Gasteiger charge is -2.20. The first-order valence-electron chi connectivity index (χ1n) is 12.4. The number of cyclic esters (lactones) is 1. The van der Waals surface area contributed by atoms with Crippen molar-refractivity contribution in [3.8, 4) is 16.8 Å². The van der Waals surface area contributed by atoms with E-state index in [1.165, 1.54) is 25.4 Å². The molecule has 0 saturated carbocycles. The van der Waals surface area contributed by atoms with Crippen LogP contribution in [0.3, 0.4) is 0 Å². The van der Waals surface area contributed by atoms with Gasteiger partial charge in [0.05, 0.1) is 42.4 Å². The maximum Gasteiger partial charge on any atom is 0.411 e. The number of carbonyl (C=O) groups excluding carboxylic acids is 3. The molecule has 14 heteroatoms. The zero-order chi connectivity index (χ0) is 28.9. The number of benzene rings is 2. The predicted octanol–water partition coefficient (Wildman–Crippen LogP) is 5.11. The number of rotatable bonds is 4. The quantitative estimate of drug-likeness (QED) is 0.302. The fourth-order valence-corrected chi connectivity index (χ4v) is 4.40. The van der Waals surface area contributed by atoms with Gasteiger partial charge in [0, 0.05) is 17.4 Å². The van der Waals surface area contributed by atoms with E-state index in [0.717, 1.165) is 4.68 Å². The molecule has 1 aliphatic rings. The van der Waals surface area contributed by atoms with Gasteiger partial charge in [-0.05, 0) is 54.8 Å². The largest absolute Gasteiger partial charge is 0.453 e. The average molecular weight is 580 g/mol. The average Bonchev–Trinajstić information content (AvgIpc) is 3.46. The minimum atomic E-state index is -0.691. The van der Waals surface area contributed by atoms with Gasteiger partial charge >= 0.3 is 12.2 Å². The van der Waals surface area contributed by atoms with E-state index in [0.29, 0.717) is 41.0 Å². The second kappa shape index (κ2) is 12.0. The predicted molar refractivity (Wildman–Crippen MR) is 146 cm³/mol. The number of nitrogens with one attached hydrogen (secondary N) is 3. The Morgan fingerprint density at radius 3 is 2.90 bits per heavy atom. The number of hydrogen-bond donors (Lipinski definition) is 3. The zero-order valence-corrected chi connectivity index (χ0v) is 22.3. The van der Waals surface area contributed by atoms with Crippen LogP contribution in [0.15, 0.2) is 60.9 Å². The Labute approximate surface area is 237 Å². The molecule has 0 radical (unpaired) electrons. The summed E-state index contributed by atoms with van der Waals surface area (Å²) in [5.41, 5.74) is 2.65. The first kappa shape index (κ1) is 27.5. The number of pyridine rings is 1. The number of amides is 3. The van der Waals surface area contributed by atoms with Crippen molar-refractivity contribution in [3.63, 3.8) is 0 Å². The molecule has 3 heterocycles. The van der Waals surface area contributed by atoms with Crippen LogP contribution in [0.5, 0.6) is 0 Å². The van der Waals surface area contributed by atoms with Gasteiger partial charge in [0.1, 0.15) is 5.69 Å². The third-order valence-electron chi connectivity index (χ3n) is 6.22. The van der Waals surface area contributed by atoms with Crippen LogP contribution < -0.4 is 16.0 Å². The molecule has 210 valence electrons. The highest BCUT2D eigenvalue weighted by Gasteiger charge is 2.22. The molecule has 12 nitrogen and oxygen atoms in total. The molecule has 1 aliphatic heterocycles. The highest BCUT2D eigenvalue weighted by Crippen LogP contribution is 2.33. The van der Waals surface area contributed by atoms with Crippen LogP contribution in [0.1, 0.15) is 35.1 Å². The minimum absolute atomic E-state index is 0.0433. The Balaban J connectivity index is 1.43. The Morgan fingerprint density at radius 1 is 1.22 bits per heavy atom. The van der Waals surface area contributed by atoms with E-state index in [4.69, 9.17) is 16.3 Å². The van der Waals surface area contributed by atoms with Crippen molar-refractivity contribution in [2.75, 3.05) is 24.4 Å². The number of nitrogens with zero attached hydrogens (tertiary/aromatic N) is 4. The number of carbonyl (C=O) groups is 3. The molecule has 0 fully saturated rings. The van der Waals surface area contributed by atoms with Gasteiger partial charge < -0.3 is 14.8 Å². The first-order valence-corrected chi connectivity index (χ1v) is 12.8. The summed E-state index contributed by atoms with van der Waals surface area (Å²) in [5, 5.41) is 15.8. The summed E-state index contributed by atoms with van der Waals surface area (Å²) in [5.74, 6) is -1.25. The highest BCUT2D eigenvalue weighted by molar-refractivity contribution is 6.30. The number of aromatic nitrogens is 4. The van der Waals surface area contributed by atoms with E-state index in [9.17, 15) is 18.8 Å². The van der Waals surface area contributed by atoms with Gasteiger partial charge in [-0.1, -0.05) is 28.9 Å². The lowest BCUT2D eigenvalue weighted by atomic mass is 9.99. The Hall–Kier alpha value is -5.04. The maximum absolute atomic E-state index is 14.4. The van der Waals surface area contributed by atoms with E-state index in [1.807, 2.05) is 0 Å². The normalized spacial score (nSPS) is 14.8. The molecule has 3 amide bonds. The van der Waals surface area contributed by atoms with E-state index < -0.39 is 30.0 Å². The van der Waals surface area contributed by atoms with Crippen LogP contribution in [0.25, 0.3) is 16.8 Å². The Bertz CT molecular complexity index is 1630. The first-order chi connectivity index (χ1) is 19.8. The third-order valence-corrected chi connectivity index (χ3v) is 6.51. The number of hydrogen-bond acceptors (Lipinski definition) is 8. The molecule has 41 heavy (non-hydrogen) atoms. The Morgan fingerprint density at radius 2 is 2.07 bits per heavy atom. The smallest absolute Gasteiger partial charge is 0.411 e. The van der Waals surface area contributed by atoms with E-state index in [-0.39, 0.29) is 23.0 Å². The molecular formula is C27H23ClFN7O5. The van der Waals surface area contributed by atoms with Crippen molar-refractivity contribution in [2.45, 2.75) is 18.9 Å². The van der Waals surface area contributed by atoms with Gasteiger partial charge in [-0.15, -0.1) is 5.10 Å². The van der Waals surface area contributed by atoms with Crippen LogP contribution in [0.2, 0.25) is 5.02 Å². The number of halogens is 2. The van der Waals surface area contributed by atoms with Crippen molar-refractivity contribution in [1.29, 1.82) is 0 Å². The fourth-order valence-electron chi connectivity index (χ4n) is 4.23. The molecule has 1 unspecified atom stereocenters. The van der Waals surface area contributed by atoms with Crippen LogP contribution in [-0.2, 0) is 9.47 Å². The monoisotopic (exact) mass is 579 g/mol. The van der Waals surface area contributed by atoms with Gasteiger partial charge in [0.2, 0.25) is 0 Å². The molecule has 2 aromatic carbocycles. The summed E-state index contributed by atoms with van der Waals surface area (Å²) >= 11 is 5.86. The maximum atomic E-state index is 14.4. The van der Waals surface area contributed by atoms with Crippen molar-refractivity contribution in [3.05, 3.63) is 83.2 Å². The summed E-state index contributed by atoms with van der Waals surface area (Å²) < 4.78 is 25.5. The van der Waals surface area contributed by atoms with Gasteiger partial charge in [-0.3, -0.25) is 20.4 Å². The number of ether oxygens (including phenoxy) is 2. The van der Waals surface area contributed by atoms with Crippen LogP contribution in [-0.4, -0.2) is 51.8 Å². The van der Waals surface area contributed by atoms with E-state index >= 15 is 0 Å². The number of fused-ring (bicyclic) bond motifs is 4. The van der Waals surface area contributed by atoms with Crippen LogP contribution in [0.4, 0.5) is 25.4 Å². The zero-order valence-electron chi connectivity index (χ0n) is 21.6. The molecule has 0 aliphatic carbocycles. The third kappa shape index (κ3) is 6.25. The van der Waals surface area contributed by atoms with Gasteiger partial charge in [-0.25, -0.2) is 18.7 Å². The highest BCUT2D eigenvalue weighted by atomic mass is 35.5. The van der Waals surface area contributed by atoms with E-state index in [2.05, 4.69) is 36.0 Å². The summed E-state index contributed by atoms with van der Waals surface area (Å²) in [4.78, 5) is 41.8. The molecule has 4 aromatic rings. The summed E-state index contributed by atoms with van der Waals surface area (Å²) in [6.07, 6.45) is 2.34. The molecular weight excluding hydrogens is 557 g/mol. The van der Waals surface area contributed by atoms with Crippen molar-refractivity contribution < 1.29 is 28.2 Å². The molecule has 0 saturated heterocycles. The molecule has 2 aromatic heterocycles. The SMILES string of the molecule is COC(=O)Nc1ccc2c(c1)NC(=O)OCCCC(NC(=O)c1cn(-c3cccc(Cl)c3F)nn1)c1cc-2ccn1. The molecule has 0 spiro atoms. The van der Waals surface area contributed by atoms with Crippen LogP contribution in [0, 0.1) is 5.82 Å². The van der Waals surface area contributed by atoms with Crippen LogP contribution >= 0.6 is 11.6 Å². The topological polar surface area (TPSA) is 149 Å². The summed E-state index contributed by atoms with van der Waals surface area (Å²) in [6, 6.07) is 12.3. The van der Waals surface area contributed by atoms with Crippen molar-refractivity contribution >= 4 is 41.1 Å². The number of methoxy groups -OCH3 is 1. The summed E-state index contributed by atoms with van der Waals surface area (Å²) in [6.45, 7) is 0.0670. The Kier molecular flexibility index (Phi) is 8.06. The minimum Gasteiger partial charge on any atom is -0.453 e. The van der Waals surface area contributed by atoms with Gasteiger partial charge in [0.25, 0.3) is 5.91 Å².